The molecular formula is C18H37N5O2. The molecule has 2 amide bonds. The molecule has 0 fully saturated rings. The van der Waals surface area contributed by atoms with E-state index in [9.17, 15) is 9.59 Å². The second-order valence-electron chi connectivity index (χ2n) is 7.36. The third-order valence-corrected chi connectivity index (χ3v) is 3.55. The summed E-state index contributed by atoms with van der Waals surface area (Å²) in [5.74, 6) is 0.206. The lowest BCUT2D eigenvalue weighted by molar-refractivity contribution is -0.131. The highest BCUT2D eigenvalue weighted by molar-refractivity contribution is 5.90. The maximum absolute atomic E-state index is 12.7. The minimum atomic E-state index is -0.571. The summed E-state index contributed by atoms with van der Waals surface area (Å²) in [6, 6.07) is -0.710. The lowest BCUT2D eigenvalue weighted by atomic mass is 10.0. The van der Waals surface area contributed by atoms with Gasteiger partial charge in [-0.1, -0.05) is 34.3 Å². The summed E-state index contributed by atoms with van der Waals surface area (Å²) in [4.78, 5) is 25.1. The summed E-state index contributed by atoms with van der Waals surface area (Å²) >= 11 is 0. The molecule has 0 aliphatic heterocycles. The van der Waals surface area contributed by atoms with Crippen LogP contribution in [0.5, 0.6) is 0 Å². The summed E-state index contributed by atoms with van der Waals surface area (Å²) < 4.78 is 0. The molecule has 6 N–H and O–H groups in total. The van der Waals surface area contributed by atoms with Gasteiger partial charge in [0.2, 0.25) is 11.8 Å². The van der Waals surface area contributed by atoms with Gasteiger partial charge in [0.15, 0.2) is 0 Å². The Hall–Kier alpha value is -1.76. The molecule has 0 saturated heterocycles. The van der Waals surface area contributed by atoms with Crippen molar-refractivity contribution in [3.05, 3.63) is 12.4 Å². The topological polar surface area (TPSA) is 108 Å². The molecule has 2 atom stereocenters. The van der Waals surface area contributed by atoms with E-state index in [1.807, 2.05) is 41.5 Å². The molecule has 0 spiro atoms. The molecule has 0 saturated carbocycles. The Morgan fingerprint density at radius 3 is 2.00 bits per heavy atom. The van der Waals surface area contributed by atoms with Crippen molar-refractivity contribution in [2.75, 3.05) is 6.54 Å². The number of hydrogen-bond acceptors (Lipinski definition) is 5. The first-order valence-corrected chi connectivity index (χ1v) is 9.09. The first-order chi connectivity index (χ1) is 11.5. The van der Waals surface area contributed by atoms with Gasteiger partial charge in [0.1, 0.15) is 6.04 Å². The van der Waals surface area contributed by atoms with E-state index in [-0.39, 0.29) is 35.9 Å². The summed E-state index contributed by atoms with van der Waals surface area (Å²) in [5, 5.41) is 12.0. The molecular weight excluding hydrogens is 318 g/mol. The summed E-state index contributed by atoms with van der Waals surface area (Å²) in [5.41, 5.74) is 5.47. The fourth-order valence-corrected chi connectivity index (χ4v) is 2.40. The quantitative estimate of drug-likeness (QED) is 0.333. The fourth-order valence-electron chi connectivity index (χ4n) is 2.40. The molecule has 7 nitrogen and oxygen atoms in total. The zero-order valence-corrected chi connectivity index (χ0v) is 16.6. The second-order valence-corrected chi connectivity index (χ2v) is 7.36. The van der Waals surface area contributed by atoms with Crippen LogP contribution in [0, 0.1) is 5.92 Å². The Bertz CT molecular complexity index is 435. The van der Waals surface area contributed by atoms with Crippen LogP contribution >= 0.6 is 0 Å². The summed E-state index contributed by atoms with van der Waals surface area (Å²) in [7, 11) is 0. The van der Waals surface area contributed by atoms with Crippen molar-refractivity contribution in [3.8, 4) is 0 Å². The van der Waals surface area contributed by atoms with E-state index in [1.54, 1.807) is 0 Å². The van der Waals surface area contributed by atoms with Crippen LogP contribution in [0.15, 0.2) is 12.4 Å². The molecule has 0 aromatic rings. The number of carbonyl (C=O) groups is 2. The minimum Gasteiger partial charge on any atom is -0.386 e. The highest BCUT2D eigenvalue weighted by Gasteiger charge is 2.27. The Morgan fingerprint density at radius 1 is 0.960 bits per heavy atom. The molecule has 0 aliphatic carbocycles. The van der Waals surface area contributed by atoms with Crippen molar-refractivity contribution >= 4 is 11.8 Å². The van der Waals surface area contributed by atoms with Crippen LogP contribution in [-0.4, -0.2) is 42.5 Å². The van der Waals surface area contributed by atoms with Gasteiger partial charge in [0.05, 0.1) is 11.9 Å². The summed E-state index contributed by atoms with van der Waals surface area (Å²) in [6.07, 6.45) is 1.22. The predicted molar refractivity (Wildman–Crippen MR) is 103 cm³/mol. The predicted octanol–water partition coefficient (Wildman–Crippen LogP) is 0.818. The molecule has 0 aromatic carbocycles. The Morgan fingerprint density at radius 2 is 1.56 bits per heavy atom. The van der Waals surface area contributed by atoms with Gasteiger partial charge in [-0.15, -0.1) is 0 Å². The highest BCUT2D eigenvalue weighted by Crippen LogP contribution is 2.06. The van der Waals surface area contributed by atoms with Crippen LogP contribution in [0.2, 0.25) is 0 Å². The molecule has 0 aromatic heterocycles. The molecule has 0 rings (SSSR count). The average Bonchev–Trinajstić information content (AvgIpc) is 2.46. The van der Waals surface area contributed by atoms with E-state index in [0.717, 1.165) is 0 Å². The van der Waals surface area contributed by atoms with Gasteiger partial charge in [-0.3, -0.25) is 9.59 Å². The molecule has 25 heavy (non-hydrogen) atoms. The zero-order chi connectivity index (χ0) is 19.6. The van der Waals surface area contributed by atoms with Crippen LogP contribution < -0.4 is 27.0 Å². The standard InChI is InChI=1S/C18H37N5O2/c1-11(2)16(21-12(3)4)18(25)23-15(17(24)22-13(5)6)9-8-10-20-14(7)19/h11-13,15-16,20-21H,7-10,19H2,1-6H3,(H,22,24)(H,23,25). The van der Waals surface area contributed by atoms with Gasteiger partial charge in [0, 0.05) is 18.6 Å². The van der Waals surface area contributed by atoms with Gasteiger partial charge in [-0.05, 0) is 32.6 Å². The number of amides is 2. The Kier molecular flexibility index (Phi) is 10.9. The lowest BCUT2D eigenvalue weighted by Crippen LogP contribution is -2.56. The number of nitrogens with two attached hydrogens (primary N) is 1. The number of rotatable bonds is 12. The molecule has 0 heterocycles. The van der Waals surface area contributed by atoms with Gasteiger partial charge < -0.3 is 27.0 Å². The van der Waals surface area contributed by atoms with Gasteiger partial charge in [-0.25, -0.2) is 0 Å². The normalized spacial score (nSPS) is 13.6. The first-order valence-electron chi connectivity index (χ1n) is 9.09. The van der Waals surface area contributed by atoms with Crippen molar-refractivity contribution in [3.63, 3.8) is 0 Å². The van der Waals surface area contributed by atoms with E-state index in [0.29, 0.717) is 25.2 Å². The molecule has 2 unspecified atom stereocenters. The third kappa shape index (κ3) is 10.7. The van der Waals surface area contributed by atoms with Crippen molar-refractivity contribution in [1.82, 2.24) is 21.3 Å². The molecule has 0 bridgehead atoms. The molecule has 146 valence electrons. The van der Waals surface area contributed by atoms with Crippen LogP contribution in [0.1, 0.15) is 54.4 Å². The average molecular weight is 356 g/mol. The smallest absolute Gasteiger partial charge is 0.242 e. The molecule has 7 heteroatoms. The van der Waals surface area contributed by atoms with Gasteiger partial charge >= 0.3 is 0 Å². The zero-order valence-electron chi connectivity index (χ0n) is 16.6. The highest BCUT2D eigenvalue weighted by atomic mass is 16.2. The van der Waals surface area contributed by atoms with E-state index in [4.69, 9.17) is 5.73 Å². The van der Waals surface area contributed by atoms with Crippen LogP contribution in [0.3, 0.4) is 0 Å². The first kappa shape index (κ1) is 23.2. The van der Waals surface area contributed by atoms with Crippen LogP contribution in [-0.2, 0) is 9.59 Å². The third-order valence-electron chi connectivity index (χ3n) is 3.55. The maximum Gasteiger partial charge on any atom is 0.242 e. The maximum atomic E-state index is 12.7. The minimum absolute atomic E-state index is 0.0172. The SMILES string of the molecule is C=C(N)NCCCC(NC(=O)C(NC(C)C)C(C)C)C(=O)NC(C)C. The molecule has 0 aliphatic rings. The fraction of sp³-hybridized carbons (Fsp3) is 0.778. The van der Waals surface area contributed by atoms with E-state index < -0.39 is 6.04 Å². The van der Waals surface area contributed by atoms with Crippen molar-refractivity contribution in [2.45, 2.75) is 78.6 Å². The molecule has 0 radical (unpaired) electrons. The Labute approximate surface area is 152 Å². The second kappa shape index (κ2) is 11.7. The Balaban J connectivity index is 4.90. The number of nitrogens with one attached hydrogen (secondary N) is 4. The van der Waals surface area contributed by atoms with Crippen molar-refractivity contribution < 1.29 is 9.59 Å². The van der Waals surface area contributed by atoms with Gasteiger partial charge in [-0.2, -0.15) is 0 Å². The van der Waals surface area contributed by atoms with E-state index in [2.05, 4.69) is 27.8 Å². The van der Waals surface area contributed by atoms with E-state index in [1.165, 1.54) is 0 Å². The van der Waals surface area contributed by atoms with Crippen LogP contribution in [0.4, 0.5) is 0 Å². The van der Waals surface area contributed by atoms with E-state index >= 15 is 0 Å². The lowest BCUT2D eigenvalue weighted by Gasteiger charge is -2.27. The summed E-state index contributed by atoms with van der Waals surface area (Å²) in [6.45, 7) is 15.9. The van der Waals surface area contributed by atoms with Crippen molar-refractivity contribution in [2.24, 2.45) is 11.7 Å². The largest absolute Gasteiger partial charge is 0.386 e. The number of carbonyl (C=O) groups excluding carboxylic acids is 2. The van der Waals surface area contributed by atoms with Gasteiger partial charge in [0.25, 0.3) is 0 Å². The number of hydrogen-bond donors (Lipinski definition) is 5. The monoisotopic (exact) mass is 355 g/mol. The van der Waals surface area contributed by atoms with Crippen LogP contribution in [0.25, 0.3) is 0 Å². The van der Waals surface area contributed by atoms with Crippen molar-refractivity contribution in [1.29, 1.82) is 0 Å².